The lowest BCUT2D eigenvalue weighted by Gasteiger charge is -2.05. The van der Waals surface area contributed by atoms with Crippen molar-refractivity contribution in [1.29, 1.82) is 0 Å². The first-order valence-electron chi connectivity index (χ1n) is 5.67. The Morgan fingerprint density at radius 3 is 2.71 bits per heavy atom. The number of H-pyrrole nitrogens is 1. The maximum Gasteiger partial charge on any atom is 0.201 e. The van der Waals surface area contributed by atoms with Gasteiger partial charge in [0.25, 0.3) is 0 Å². The Kier molecular flexibility index (Phi) is 3.05. The zero-order valence-electron chi connectivity index (χ0n) is 9.85. The summed E-state index contributed by atoms with van der Waals surface area (Å²) in [5, 5.41) is 10.0. The van der Waals surface area contributed by atoms with Gasteiger partial charge < -0.3 is 10.1 Å². The third-order valence-corrected chi connectivity index (χ3v) is 2.91. The molecule has 0 radical (unpaired) electrons. The van der Waals surface area contributed by atoms with Crippen LogP contribution in [0.1, 0.15) is 25.8 Å². The molecule has 0 aliphatic rings. The third kappa shape index (κ3) is 2.12. The lowest BCUT2D eigenvalue weighted by Crippen LogP contribution is -1.92. The first-order valence-corrected chi connectivity index (χ1v) is 5.67. The van der Waals surface area contributed by atoms with Crippen LogP contribution in [0, 0.1) is 17.6 Å². The van der Waals surface area contributed by atoms with Crippen LogP contribution in [0.5, 0.6) is 5.75 Å². The van der Waals surface area contributed by atoms with E-state index in [0.717, 1.165) is 24.5 Å². The van der Waals surface area contributed by atoms with E-state index < -0.39 is 17.4 Å². The number of aromatic hydroxyl groups is 1. The molecule has 92 valence electrons. The Bertz CT molecular complexity index is 546. The second-order valence-corrected chi connectivity index (χ2v) is 4.69. The van der Waals surface area contributed by atoms with E-state index in [0.29, 0.717) is 16.8 Å². The molecule has 1 heterocycles. The smallest absolute Gasteiger partial charge is 0.201 e. The molecule has 0 atom stereocenters. The molecule has 4 heteroatoms. The van der Waals surface area contributed by atoms with Crippen LogP contribution in [0.15, 0.2) is 12.3 Å². The monoisotopic (exact) mass is 239 g/mol. The van der Waals surface area contributed by atoms with Gasteiger partial charge in [0, 0.05) is 17.6 Å². The predicted octanol–water partition coefficient (Wildman–Crippen LogP) is 3.74. The quantitative estimate of drug-likeness (QED) is 0.841. The van der Waals surface area contributed by atoms with Gasteiger partial charge >= 0.3 is 0 Å². The molecule has 1 aromatic heterocycles. The fourth-order valence-corrected chi connectivity index (χ4v) is 1.93. The molecule has 2 nitrogen and oxygen atoms in total. The van der Waals surface area contributed by atoms with E-state index in [2.05, 4.69) is 18.8 Å². The summed E-state index contributed by atoms with van der Waals surface area (Å²) in [5.74, 6) is -2.29. The van der Waals surface area contributed by atoms with Gasteiger partial charge in [0.2, 0.25) is 5.82 Å². The van der Waals surface area contributed by atoms with Crippen LogP contribution in [0.2, 0.25) is 0 Å². The van der Waals surface area contributed by atoms with Crippen molar-refractivity contribution >= 4 is 10.9 Å². The van der Waals surface area contributed by atoms with E-state index >= 15 is 0 Å². The number of halogens is 2. The summed E-state index contributed by atoms with van der Waals surface area (Å²) in [6.07, 6.45) is 3.37. The minimum atomic E-state index is -1.18. The van der Waals surface area contributed by atoms with E-state index in [4.69, 9.17) is 0 Å². The second-order valence-electron chi connectivity index (χ2n) is 4.69. The fraction of sp³-hybridized carbons (Fsp3) is 0.385. The van der Waals surface area contributed by atoms with Gasteiger partial charge in [0.15, 0.2) is 11.6 Å². The van der Waals surface area contributed by atoms with Crippen molar-refractivity contribution in [2.75, 3.05) is 0 Å². The second kappa shape index (κ2) is 4.35. The molecule has 0 amide bonds. The highest BCUT2D eigenvalue weighted by atomic mass is 19.2. The molecule has 0 spiro atoms. The molecule has 0 saturated heterocycles. The number of phenols is 1. The van der Waals surface area contributed by atoms with E-state index in [1.54, 1.807) is 6.20 Å². The average molecular weight is 239 g/mol. The summed E-state index contributed by atoms with van der Waals surface area (Å²) in [7, 11) is 0. The normalized spacial score (nSPS) is 11.6. The van der Waals surface area contributed by atoms with Crippen molar-refractivity contribution < 1.29 is 13.9 Å². The molecule has 1 aromatic carbocycles. The number of rotatable bonds is 3. The van der Waals surface area contributed by atoms with Gasteiger partial charge in [-0.1, -0.05) is 13.8 Å². The van der Waals surface area contributed by atoms with E-state index in [1.165, 1.54) is 0 Å². The summed E-state index contributed by atoms with van der Waals surface area (Å²) < 4.78 is 26.4. The zero-order valence-corrected chi connectivity index (χ0v) is 9.85. The van der Waals surface area contributed by atoms with Crippen molar-refractivity contribution in [2.24, 2.45) is 5.92 Å². The molecule has 0 aliphatic heterocycles. The first-order chi connectivity index (χ1) is 8.00. The summed E-state index contributed by atoms with van der Waals surface area (Å²) in [6, 6.07) is 1.07. The summed E-state index contributed by atoms with van der Waals surface area (Å²) in [6.45, 7) is 4.18. The Morgan fingerprint density at radius 2 is 2.06 bits per heavy atom. The molecular weight excluding hydrogens is 224 g/mol. The van der Waals surface area contributed by atoms with Gasteiger partial charge in [-0.3, -0.25) is 0 Å². The summed E-state index contributed by atoms with van der Waals surface area (Å²) in [4.78, 5) is 2.85. The predicted molar refractivity (Wildman–Crippen MR) is 63.0 cm³/mol. The van der Waals surface area contributed by atoms with Gasteiger partial charge in [-0.15, -0.1) is 0 Å². The Balaban J connectivity index is 2.48. The summed E-state index contributed by atoms with van der Waals surface area (Å²) >= 11 is 0. The van der Waals surface area contributed by atoms with Gasteiger partial charge in [0.05, 0.1) is 5.52 Å². The number of hydrogen-bond donors (Lipinski definition) is 2. The number of aryl methyl sites for hydroxylation is 1. The van der Waals surface area contributed by atoms with Crippen LogP contribution in [0.3, 0.4) is 0 Å². The van der Waals surface area contributed by atoms with Crippen molar-refractivity contribution in [3.8, 4) is 5.75 Å². The van der Waals surface area contributed by atoms with Gasteiger partial charge in [0.1, 0.15) is 0 Å². The molecule has 0 bridgehead atoms. The number of phenolic OH excluding ortho intramolecular Hbond substituents is 1. The van der Waals surface area contributed by atoms with Gasteiger partial charge in [-0.25, -0.2) is 4.39 Å². The topological polar surface area (TPSA) is 36.0 Å². The maximum absolute atomic E-state index is 13.3. The van der Waals surface area contributed by atoms with Crippen molar-refractivity contribution in [3.05, 3.63) is 29.5 Å². The largest absolute Gasteiger partial charge is 0.504 e. The Labute approximate surface area is 98.3 Å². The lowest BCUT2D eigenvalue weighted by molar-refractivity contribution is 0.413. The van der Waals surface area contributed by atoms with Crippen LogP contribution < -0.4 is 0 Å². The molecule has 0 saturated carbocycles. The minimum Gasteiger partial charge on any atom is -0.504 e. The number of aromatic nitrogens is 1. The highest BCUT2D eigenvalue weighted by Gasteiger charge is 2.16. The lowest BCUT2D eigenvalue weighted by atomic mass is 10.0. The molecule has 0 fully saturated rings. The number of benzene rings is 1. The Morgan fingerprint density at radius 1 is 1.35 bits per heavy atom. The molecular formula is C13H15F2NO. The van der Waals surface area contributed by atoms with Gasteiger partial charge in [-0.05, 0) is 24.3 Å². The Hall–Kier alpha value is -1.58. The zero-order chi connectivity index (χ0) is 12.6. The minimum absolute atomic E-state index is 0.393. The summed E-state index contributed by atoms with van der Waals surface area (Å²) in [5.41, 5.74) is 1.25. The van der Waals surface area contributed by atoms with E-state index in [9.17, 15) is 13.9 Å². The van der Waals surface area contributed by atoms with Crippen LogP contribution in [0.25, 0.3) is 10.9 Å². The number of fused-ring (bicyclic) bond motifs is 1. The molecule has 0 unspecified atom stereocenters. The van der Waals surface area contributed by atoms with Crippen molar-refractivity contribution in [1.82, 2.24) is 4.98 Å². The average Bonchev–Trinajstić information content (AvgIpc) is 2.66. The number of hydrogen-bond acceptors (Lipinski definition) is 1. The SMILES string of the molecule is CC(C)CCc1c[nH]c2cc(F)c(F)c(O)c12. The maximum atomic E-state index is 13.3. The molecule has 17 heavy (non-hydrogen) atoms. The molecule has 2 N–H and O–H groups in total. The van der Waals surface area contributed by atoms with Crippen LogP contribution in [-0.4, -0.2) is 10.1 Å². The van der Waals surface area contributed by atoms with E-state index in [-0.39, 0.29) is 0 Å². The van der Waals surface area contributed by atoms with Crippen LogP contribution in [0.4, 0.5) is 8.78 Å². The highest BCUT2D eigenvalue weighted by Crippen LogP contribution is 2.33. The van der Waals surface area contributed by atoms with Crippen molar-refractivity contribution in [3.63, 3.8) is 0 Å². The van der Waals surface area contributed by atoms with Crippen LogP contribution in [-0.2, 0) is 6.42 Å². The highest BCUT2D eigenvalue weighted by molar-refractivity contribution is 5.89. The van der Waals surface area contributed by atoms with Gasteiger partial charge in [-0.2, -0.15) is 4.39 Å². The third-order valence-electron chi connectivity index (χ3n) is 2.91. The molecule has 2 aromatic rings. The van der Waals surface area contributed by atoms with Crippen LogP contribution >= 0.6 is 0 Å². The number of nitrogens with one attached hydrogen (secondary N) is 1. The first kappa shape index (κ1) is 11.9. The molecule has 2 rings (SSSR count). The standard InChI is InChI=1S/C13H15F2NO/c1-7(2)3-4-8-6-16-10-5-9(14)12(15)13(17)11(8)10/h5-7,16-17H,3-4H2,1-2H3. The molecule has 0 aliphatic carbocycles. The fourth-order valence-electron chi connectivity index (χ4n) is 1.93. The van der Waals surface area contributed by atoms with Crippen molar-refractivity contribution in [2.45, 2.75) is 26.7 Å². The van der Waals surface area contributed by atoms with E-state index in [1.807, 2.05) is 0 Å². The number of aromatic amines is 1.